The molecule has 2 amide bonds. The van der Waals surface area contributed by atoms with Gasteiger partial charge in [-0.3, -0.25) is 24.6 Å². The van der Waals surface area contributed by atoms with Crippen molar-refractivity contribution in [3.05, 3.63) is 50.5 Å². The van der Waals surface area contributed by atoms with E-state index in [1.165, 1.54) is 36.1 Å². The average Bonchev–Trinajstić information content (AvgIpc) is 3.08. The number of carbonyl (C=O) groups is 3. The molecule has 0 spiro atoms. The van der Waals surface area contributed by atoms with E-state index in [0.29, 0.717) is 23.3 Å². The molecule has 3 atom stereocenters. The largest absolute Gasteiger partial charge is 0.612 e. The maximum atomic E-state index is 12.8. The number of β-lactam (4-membered cyclic amide) rings is 1. The molecule has 0 bridgehead atoms. The van der Waals surface area contributed by atoms with Crippen LogP contribution in [0, 0.1) is 16.0 Å². The Labute approximate surface area is 181 Å². The fraction of sp³-hybridized carbons (Fsp3) is 0.450. The van der Waals surface area contributed by atoms with Crippen LogP contribution in [-0.2, 0) is 36.9 Å². The van der Waals surface area contributed by atoms with Crippen molar-refractivity contribution in [2.75, 3.05) is 12.3 Å². The second-order valence-corrected chi connectivity index (χ2v) is 8.89. The molecule has 1 N–H and O–H groups in total. The number of nitro groups is 1. The molecule has 0 radical (unpaired) electrons. The first-order valence-electron chi connectivity index (χ1n) is 9.84. The molecule has 0 aromatic heterocycles. The second kappa shape index (κ2) is 9.48. The fourth-order valence-corrected chi connectivity index (χ4v) is 5.06. The van der Waals surface area contributed by atoms with Crippen LogP contribution in [0.5, 0.6) is 0 Å². The molecule has 166 valence electrons. The van der Waals surface area contributed by atoms with Crippen LogP contribution in [0.4, 0.5) is 5.69 Å². The number of benzene rings is 1. The first kappa shape index (κ1) is 22.8. The molecule has 0 aliphatic carbocycles. The summed E-state index contributed by atoms with van der Waals surface area (Å²) in [4.78, 5) is 48.3. The van der Waals surface area contributed by atoms with Gasteiger partial charge in [0.2, 0.25) is 11.8 Å². The van der Waals surface area contributed by atoms with Gasteiger partial charge < -0.3 is 14.6 Å². The number of nitrogens with one attached hydrogen (secondary N) is 1. The van der Waals surface area contributed by atoms with Crippen molar-refractivity contribution in [1.29, 1.82) is 0 Å². The van der Waals surface area contributed by atoms with E-state index in [2.05, 4.69) is 5.32 Å². The third-order valence-electron chi connectivity index (χ3n) is 5.34. The van der Waals surface area contributed by atoms with Gasteiger partial charge in [-0.05, 0) is 35.3 Å². The summed E-state index contributed by atoms with van der Waals surface area (Å²) < 4.78 is 18.2. The zero-order valence-electron chi connectivity index (χ0n) is 17.2. The number of carbonyl (C=O) groups excluding carboxylic acids is 3. The molecule has 3 rings (SSSR count). The Morgan fingerprint density at radius 3 is 2.58 bits per heavy atom. The van der Waals surface area contributed by atoms with E-state index in [0.717, 1.165) is 0 Å². The van der Waals surface area contributed by atoms with Crippen molar-refractivity contribution in [2.45, 2.75) is 39.3 Å². The van der Waals surface area contributed by atoms with Crippen LogP contribution in [0.25, 0.3) is 0 Å². The lowest BCUT2D eigenvalue weighted by Gasteiger charge is -2.42. The number of esters is 1. The van der Waals surface area contributed by atoms with E-state index in [4.69, 9.17) is 4.74 Å². The number of fused-ring (bicyclic) bond motifs is 1. The van der Waals surface area contributed by atoms with Gasteiger partial charge in [0.1, 0.15) is 12.4 Å². The maximum absolute atomic E-state index is 12.8. The predicted octanol–water partition coefficient (Wildman–Crippen LogP) is 1.38. The van der Waals surface area contributed by atoms with Gasteiger partial charge in [-0.25, -0.2) is 4.79 Å². The minimum absolute atomic E-state index is 0.0165. The maximum Gasteiger partial charge on any atom is 0.360 e. The Bertz CT molecular complexity index is 931. The highest BCUT2D eigenvalue weighted by Gasteiger charge is 2.57. The van der Waals surface area contributed by atoms with E-state index in [1.807, 2.05) is 6.92 Å². The molecule has 31 heavy (non-hydrogen) atoms. The van der Waals surface area contributed by atoms with Gasteiger partial charge in [0.05, 0.1) is 23.4 Å². The second-order valence-electron chi connectivity index (χ2n) is 7.30. The smallest absolute Gasteiger partial charge is 0.360 e. The monoisotopic (exact) mass is 449 g/mol. The van der Waals surface area contributed by atoms with Gasteiger partial charge in [-0.15, -0.1) is 0 Å². The number of rotatable bonds is 9. The normalized spacial score (nSPS) is 20.7. The number of nitrogens with zero attached hydrogens (tertiary/aromatic N) is 2. The first-order chi connectivity index (χ1) is 14.7. The zero-order valence-corrected chi connectivity index (χ0v) is 18.0. The summed E-state index contributed by atoms with van der Waals surface area (Å²) in [6.07, 6.45) is 0.954. The highest BCUT2D eigenvalue weighted by molar-refractivity contribution is 7.95. The summed E-state index contributed by atoms with van der Waals surface area (Å²) in [5, 5.41) is 13.3. The lowest BCUT2D eigenvalue weighted by molar-refractivity contribution is -0.384. The van der Waals surface area contributed by atoms with Gasteiger partial charge in [0, 0.05) is 25.5 Å². The minimum Gasteiger partial charge on any atom is -0.612 e. The summed E-state index contributed by atoms with van der Waals surface area (Å²) in [7, 11) is 0. The Morgan fingerprint density at radius 1 is 1.32 bits per heavy atom. The summed E-state index contributed by atoms with van der Waals surface area (Å²) >= 11 is -1.56. The third-order valence-corrected chi connectivity index (χ3v) is 6.82. The van der Waals surface area contributed by atoms with E-state index in [-0.39, 0.29) is 54.1 Å². The van der Waals surface area contributed by atoms with E-state index in [9.17, 15) is 29.1 Å². The Kier molecular flexibility index (Phi) is 6.96. The number of nitro benzene ring substituents is 1. The highest BCUT2D eigenvalue weighted by atomic mass is 32.2. The summed E-state index contributed by atoms with van der Waals surface area (Å²) in [5.41, 5.74) is 0.483. The molecule has 1 saturated heterocycles. The minimum atomic E-state index is -1.56. The fourth-order valence-electron chi connectivity index (χ4n) is 3.77. The molecule has 1 fully saturated rings. The number of hydrogen-bond acceptors (Lipinski definition) is 7. The molecule has 2 aliphatic heterocycles. The lowest BCUT2D eigenvalue weighted by Crippen LogP contribution is -2.58. The van der Waals surface area contributed by atoms with Crippen molar-refractivity contribution in [3.8, 4) is 0 Å². The van der Waals surface area contributed by atoms with Crippen molar-refractivity contribution in [1.82, 2.24) is 10.2 Å². The quantitative estimate of drug-likeness (QED) is 0.197. The average molecular weight is 449 g/mol. The SMILES string of the molecule is CCC1C(=O)N2C(C(=O)OCc3ccc([N+](=O)[O-])cc3)=C([S+]([O-])CCNC(C)=O)CC12. The van der Waals surface area contributed by atoms with Crippen LogP contribution in [0.2, 0.25) is 0 Å². The standard InChI is InChI=1S/C20H23N3O7S/c1-3-15-16-10-17(31(29)9-8-21-12(2)24)18(22(16)19(15)25)20(26)30-11-13-4-6-14(7-5-13)23(27)28/h4-7,15-16H,3,8-11H2,1-2H3,(H,21,24). The summed E-state index contributed by atoms with van der Waals surface area (Å²) in [6.45, 7) is 3.29. The van der Waals surface area contributed by atoms with Gasteiger partial charge in [-0.1, -0.05) is 6.92 Å². The Balaban J connectivity index is 1.74. The number of hydrogen-bond donors (Lipinski definition) is 1. The van der Waals surface area contributed by atoms with Crippen LogP contribution < -0.4 is 5.32 Å². The van der Waals surface area contributed by atoms with Crippen LogP contribution in [0.15, 0.2) is 34.9 Å². The first-order valence-corrected chi connectivity index (χ1v) is 11.2. The van der Waals surface area contributed by atoms with Gasteiger partial charge in [0.25, 0.3) is 5.69 Å². The molecule has 3 unspecified atom stereocenters. The molecule has 2 heterocycles. The topological polar surface area (TPSA) is 142 Å². The third kappa shape index (κ3) is 4.72. The van der Waals surface area contributed by atoms with Gasteiger partial charge in [-0.2, -0.15) is 0 Å². The molecule has 0 saturated carbocycles. The molecule has 1 aromatic carbocycles. The number of non-ortho nitro benzene ring substituents is 1. The lowest BCUT2D eigenvalue weighted by atomic mass is 9.85. The van der Waals surface area contributed by atoms with Crippen LogP contribution in [0.3, 0.4) is 0 Å². The van der Waals surface area contributed by atoms with Crippen molar-refractivity contribution in [2.24, 2.45) is 5.92 Å². The Hall–Kier alpha value is -2.92. The van der Waals surface area contributed by atoms with Crippen LogP contribution in [0.1, 0.15) is 32.3 Å². The number of amides is 2. The predicted molar refractivity (Wildman–Crippen MR) is 111 cm³/mol. The molecular formula is C20H23N3O7S. The number of ether oxygens (including phenoxy) is 1. The van der Waals surface area contributed by atoms with E-state index >= 15 is 0 Å². The van der Waals surface area contributed by atoms with Gasteiger partial charge in [0.15, 0.2) is 10.6 Å². The molecule has 2 aliphatic rings. The highest BCUT2D eigenvalue weighted by Crippen LogP contribution is 2.45. The van der Waals surface area contributed by atoms with Crippen molar-refractivity contribution >= 4 is 34.6 Å². The van der Waals surface area contributed by atoms with E-state index in [1.54, 1.807) is 0 Å². The summed E-state index contributed by atoms with van der Waals surface area (Å²) in [6, 6.07) is 5.36. The van der Waals surface area contributed by atoms with Gasteiger partial charge >= 0.3 is 5.97 Å². The van der Waals surface area contributed by atoms with Crippen molar-refractivity contribution < 1.29 is 28.6 Å². The zero-order chi connectivity index (χ0) is 22.7. The Morgan fingerprint density at radius 2 is 2.00 bits per heavy atom. The van der Waals surface area contributed by atoms with Crippen LogP contribution in [-0.4, -0.2) is 50.5 Å². The molecule has 1 aromatic rings. The molecule has 11 heteroatoms. The molecular weight excluding hydrogens is 426 g/mol. The summed E-state index contributed by atoms with van der Waals surface area (Å²) in [5.74, 6) is -1.29. The van der Waals surface area contributed by atoms with Crippen molar-refractivity contribution in [3.63, 3.8) is 0 Å². The van der Waals surface area contributed by atoms with Crippen LogP contribution >= 0.6 is 0 Å². The van der Waals surface area contributed by atoms with E-state index < -0.39 is 22.1 Å². The molecule has 10 nitrogen and oxygen atoms in total.